The van der Waals surface area contributed by atoms with E-state index < -0.39 is 0 Å². The summed E-state index contributed by atoms with van der Waals surface area (Å²) in [6, 6.07) is 6.29. The van der Waals surface area contributed by atoms with Gasteiger partial charge in [-0.05, 0) is 43.6 Å². The third-order valence-electron chi connectivity index (χ3n) is 3.51. The van der Waals surface area contributed by atoms with E-state index in [9.17, 15) is 4.39 Å². The monoisotopic (exact) mass is 291 g/mol. The maximum Gasteiger partial charge on any atom is 0.252 e. The van der Waals surface area contributed by atoms with Crippen LogP contribution in [0.2, 0.25) is 0 Å². The first kappa shape index (κ1) is 14.2. The predicted molar refractivity (Wildman–Crippen MR) is 74.2 cm³/mol. The molecule has 6 heteroatoms. The number of hydrogen-bond acceptors (Lipinski definition) is 5. The summed E-state index contributed by atoms with van der Waals surface area (Å²) in [5.74, 6) is 0.832. The molecule has 1 saturated heterocycles. The van der Waals surface area contributed by atoms with E-state index in [4.69, 9.17) is 9.26 Å². The molecule has 1 aromatic carbocycles. The highest BCUT2D eigenvalue weighted by Crippen LogP contribution is 2.12. The van der Waals surface area contributed by atoms with Gasteiger partial charge in [0, 0.05) is 6.42 Å². The van der Waals surface area contributed by atoms with E-state index >= 15 is 0 Å². The van der Waals surface area contributed by atoms with E-state index in [0.29, 0.717) is 24.7 Å². The topological polar surface area (TPSA) is 60.2 Å². The minimum absolute atomic E-state index is 0.247. The Balaban J connectivity index is 1.52. The lowest BCUT2D eigenvalue weighted by atomic mass is 10.1. The summed E-state index contributed by atoms with van der Waals surface area (Å²) in [5.41, 5.74) is 0.947. The van der Waals surface area contributed by atoms with Crippen LogP contribution in [0, 0.1) is 5.82 Å². The van der Waals surface area contributed by atoms with Gasteiger partial charge in [-0.25, -0.2) is 4.39 Å². The highest BCUT2D eigenvalue weighted by molar-refractivity contribution is 5.19. The van der Waals surface area contributed by atoms with Crippen LogP contribution in [0.1, 0.15) is 30.1 Å². The van der Waals surface area contributed by atoms with Gasteiger partial charge < -0.3 is 14.6 Å². The van der Waals surface area contributed by atoms with Crippen LogP contribution in [0.3, 0.4) is 0 Å². The molecule has 112 valence electrons. The quantitative estimate of drug-likeness (QED) is 0.914. The van der Waals surface area contributed by atoms with Crippen molar-refractivity contribution >= 4 is 0 Å². The minimum Gasteiger partial charge on any atom is -0.368 e. The van der Waals surface area contributed by atoms with Crippen LogP contribution in [0.5, 0.6) is 0 Å². The molecule has 0 bridgehead atoms. The van der Waals surface area contributed by atoms with E-state index in [0.717, 1.165) is 31.5 Å². The minimum atomic E-state index is -0.247. The van der Waals surface area contributed by atoms with Crippen LogP contribution in [0.25, 0.3) is 0 Å². The van der Waals surface area contributed by atoms with E-state index in [-0.39, 0.29) is 11.9 Å². The molecule has 2 aromatic rings. The average molecular weight is 291 g/mol. The number of ether oxygens (including phenoxy) is 1. The Kier molecular flexibility index (Phi) is 4.57. The van der Waals surface area contributed by atoms with Gasteiger partial charge in [0.1, 0.15) is 12.4 Å². The largest absolute Gasteiger partial charge is 0.368 e. The molecule has 1 aliphatic rings. The number of nitrogens with one attached hydrogen (secondary N) is 1. The lowest BCUT2D eigenvalue weighted by Crippen LogP contribution is -2.32. The molecule has 0 radical (unpaired) electrons. The number of nitrogens with zero attached hydrogens (tertiary/aromatic N) is 2. The first-order valence-electron chi connectivity index (χ1n) is 7.18. The molecule has 0 atom stereocenters. The fraction of sp³-hybridized carbons (Fsp3) is 0.467. The molecule has 1 fully saturated rings. The third kappa shape index (κ3) is 4.09. The normalized spacial score (nSPS) is 16.2. The molecule has 1 aromatic heterocycles. The van der Waals surface area contributed by atoms with Gasteiger partial charge in [0.25, 0.3) is 5.89 Å². The second-order valence-electron chi connectivity index (χ2n) is 5.17. The van der Waals surface area contributed by atoms with Crippen molar-refractivity contribution in [1.29, 1.82) is 0 Å². The highest BCUT2D eigenvalue weighted by atomic mass is 19.1. The van der Waals surface area contributed by atoms with Crippen molar-refractivity contribution in [2.75, 3.05) is 13.1 Å². The van der Waals surface area contributed by atoms with Crippen LogP contribution in [-0.2, 0) is 17.8 Å². The Morgan fingerprint density at radius 3 is 2.76 bits per heavy atom. The van der Waals surface area contributed by atoms with E-state index in [1.165, 1.54) is 12.1 Å². The van der Waals surface area contributed by atoms with Crippen molar-refractivity contribution in [3.05, 3.63) is 47.4 Å². The van der Waals surface area contributed by atoms with Crippen molar-refractivity contribution in [3.8, 4) is 0 Å². The molecule has 2 heterocycles. The van der Waals surface area contributed by atoms with Crippen molar-refractivity contribution in [3.63, 3.8) is 0 Å². The molecule has 1 N–H and O–H groups in total. The fourth-order valence-corrected chi connectivity index (χ4v) is 2.36. The summed E-state index contributed by atoms with van der Waals surface area (Å²) in [4.78, 5) is 4.30. The van der Waals surface area contributed by atoms with Gasteiger partial charge in [-0.1, -0.05) is 17.3 Å². The first-order chi connectivity index (χ1) is 10.3. The highest BCUT2D eigenvalue weighted by Gasteiger charge is 2.15. The summed E-state index contributed by atoms with van der Waals surface area (Å²) in [6.07, 6.45) is 2.81. The predicted octanol–water partition coefficient (Wildman–Crippen LogP) is 2.07. The molecule has 0 aliphatic carbocycles. The standard InChI is InChI=1S/C15H18FN3O2/c16-12-3-1-11(2-4-12)9-14-18-15(21-19-14)10-20-13-5-7-17-8-6-13/h1-4,13,17H,5-10H2. The molecule has 0 spiro atoms. The Morgan fingerprint density at radius 1 is 1.24 bits per heavy atom. The van der Waals surface area contributed by atoms with E-state index in [1.807, 2.05) is 0 Å². The molecule has 1 aliphatic heterocycles. The zero-order valence-electron chi connectivity index (χ0n) is 11.7. The fourth-order valence-electron chi connectivity index (χ4n) is 2.36. The Hall–Kier alpha value is -1.79. The second-order valence-corrected chi connectivity index (χ2v) is 5.17. The zero-order valence-corrected chi connectivity index (χ0v) is 11.7. The van der Waals surface area contributed by atoms with Crippen LogP contribution < -0.4 is 5.32 Å². The number of rotatable bonds is 5. The summed E-state index contributed by atoms with van der Waals surface area (Å²) in [5, 5.41) is 7.22. The smallest absolute Gasteiger partial charge is 0.252 e. The van der Waals surface area contributed by atoms with Crippen LogP contribution in [-0.4, -0.2) is 29.3 Å². The third-order valence-corrected chi connectivity index (χ3v) is 3.51. The number of halogens is 1. The first-order valence-corrected chi connectivity index (χ1v) is 7.18. The lowest BCUT2D eigenvalue weighted by molar-refractivity contribution is 0.00859. The SMILES string of the molecule is Fc1ccc(Cc2noc(COC3CCNCC3)n2)cc1. The Bertz CT molecular complexity index is 565. The van der Waals surface area contributed by atoms with Gasteiger partial charge in [-0.2, -0.15) is 4.98 Å². The average Bonchev–Trinajstić information content (AvgIpc) is 2.96. The van der Waals surface area contributed by atoms with Crippen LogP contribution in [0.15, 0.2) is 28.8 Å². The molecule has 0 unspecified atom stereocenters. The number of hydrogen-bond donors (Lipinski definition) is 1. The van der Waals surface area contributed by atoms with E-state index in [2.05, 4.69) is 15.5 Å². The van der Waals surface area contributed by atoms with Crippen molar-refractivity contribution < 1.29 is 13.7 Å². The van der Waals surface area contributed by atoms with E-state index in [1.54, 1.807) is 12.1 Å². The molecule has 3 rings (SSSR count). The van der Waals surface area contributed by atoms with Gasteiger partial charge in [-0.15, -0.1) is 0 Å². The van der Waals surface area contributed by atoms with Crippen molar-refractivity contribution in [2.24, 2.45) is 0 Å². The molecule has 5 nitrogen and oxygen atoms in total. The maximum atomic E-state index is 12.8. The Labute approximate surface area is 122 Å². The number of aromatic nitrogens is 2. The summed E-state index contributed by atoms with van der Waals surface area (Å²) in [6.45, 7) is 2.33. The van der Waals surface area contributed by atoms with Crippen molar-refractivity contribution in [2.45, 2.75) is 32.0 Å². The summed E-state index contributed by atoms with van der Waals surface area (Å²) in [7, 11) is 0. The summed E-state index contributed by atoms with van der Waals surface area (Å²) < 4.78 is 23.8. The molecule has 0 saturated carbocycles. The van der Waals surface area contributed by atoms with Crippen molar-refractivity contribution in [1.82, 2.24) is 15.5 Å². The van der Waals surface area contributed by atoms with Gasteiger partial charge >= 0.3 is 0 Å². The van der Waals surface area contributed by atoms with Gasteiger partial charge in [-0.3, -0.25) is 0 Å². The second kappa shape index (κ2) is 6.78. The zero-order chi connectivity index (χ0) is 14.5. The van der Waals surface area contributed by atoms with Gasteiger partial charge in [0.05, 0.1) is 6.10 Å². The van der Waals surface area contributed by atoms with Crippen LogP contribution >= 0.6 is 0 Å². The number of piperidine rings is 1. The number of benzene rings is 1. The summed E-state index contributed by atoms with van der Waals surface area (Å²) >= 11 is 0. The van der Waals surface area contributed by atoms with Crippen LogP contribution in [0.4, 0.5) is 4.39 Å². The molecule has 0 amide bonds. The maximum absolute atomic E-state index is 12.8. The molecule has 21 heavy (non-hydrogen) atoms. The Morgan fingerprint density at radius 2 is 2.00 bits per heavy atom. The lowest BCUT2D eigenvalue weighted by Gasteiger charge is -2.21. The molecular weight excluding hydrogens is 273 g/mol. The van der Waals surface area contributed by atoms with Gasteiger partial charge in [0.15, 0.2) is 5.82 Å². The molecular formula is C15H18FN3O2. The van der Waals surface area contributed by atoms with Gasteiger partial charge in [0.2, 0.25) is 0 Å².